The molecule has 5 heteroatoms. The Morgan fingerprint density at radius 1 is 1.20 bits per heavy atom. The van der Waals surface area contributed by atoms with Crippen molar-refractivity contribution in [3.05, 3.63) is 35.9 Å². The van der Waals surface area contributed by atoms with Crippen molar-refractivity contribution >= 4 is 11.8 Å². The van der Waals surface area contributed by atoms with Crippen LogP contribution in [0.5, 0.6) is 0 Å². The van der Waals surface area contributed by atoms with Crippen molar-refractivity contribution < 1.29 is 9.59 Å². The van der Waals surface area contributed by atoms with Gasteiger partial charge in [-0.1, -0.05) is 44.2 Å². The normalized spacial score (nSPS) is 26.2. The first-order valence-corrected chi connectivity index (χ1v) is 9.23. The number of likely N-dealkylation sites (tertiary alicyclic amines) is 2. The Labute approximate surface area is 150 Å². The molecule has 1 aromatic rings. The molecule has 0 saturated carbocycles. The van der Waals surface area contributed by atoms with Crippen LogP contribution in [0.15, 0.2) is 30.3 Å². The van der Waals surface area contributed by atoms with Crippen LogP contribution in [-0.2, 0) is 16.0 Å². The van der Waals surface area contributed by atoms with Crippen LogP contribution in [0.4, 0.5) is 0 Å². The Balaban J connectivity index is 1.74. The van der Waals surface area contributed by atoms with Crippen molar-refractivity contribution in [2.75, 3.05) is 32.7 Å². The fraction of sp³-hybridized carbons (Fsp3) is 0.600. The van der Waals surface area contributed by atoms with Crippen LogP contribution >= 0.6 is 0 Å². The number of aryl methyl sites for hydroxylation is 1. The van der Waals surface area contributed by atoms with Gasteiger partial charge in [-0.15, -0.1) is 0 Å². The zero-order chi connectivity index (χ0) is 18.0. The molecule has 0 aliphatic carbocycles. The number of rotatable bonds is 6. The van der Waals surface area contributed by atoms with E-state index in [0.29, 0.717) is 12.5 Å². The first-order valence-electron chi connectivity index (χ1n) is 9.23. The van der Waals surface area contributed by atoms with E-state index in [0.717, 1.165) is 39.0 Å². The molecule has 0 radical (unpaired) electrons. The molecule has 3 rings (SSSR count). The molecule has 0 aromatic heterocycles. The highest BCUT2D eigenvalue weighted by atomic mass is 16.2. The van der Waals surface area contributed by atoms with Gasteiger partial charge in [0.1, 0.15) is 0 Å². The van der Waals surface area contributed by atoms with E-state index in [4.69, 9.17) is 5.73 Å². The Morgan fingerprint density at radius 3 is 2.56 bits per heavy atom. The predicted molar refractivity (Wildman–Crippen MR) is 97.7 cm³/mol. The van der Waals surface area contributed by atoms with Crippen molar-refractivity contribution in [3.63, 3.8) is 0 Å². The molecule has 2 N–H and O–H groups in total. The number of fused-ring (bicyclic) bond motifs is 1. The second kappa shape index (κ2) is 7.16. The molecule has 2 fully saturated rings. The average Bonchev–Trinajstić information content (AvgIpc) is 3.06. The summed E-state index contributed by atoms with van der Waals surface area (Å²) in [7, 11) is 0. The molecule has 2 heterocycles. The number of nitrogens with zero attached hydrogens (tertiary/aromatic N) is 2. The number of hydrogen-bond acceptors (Lipinski definition) is 3. The standard InChI is InChI=1S/C20H29N3O2/c1-15(2)19(25)23-11-17-10-22(12-18(21)24)13-20(17,14-23)9-8-16-6-4-3-5-7-16/h3-7,15,17H,8-14H2,1-2H3,(H2,21,24)/t17-,20+/m0/s1. The quantitative estimate of drug-likeness (QED) is 0.852. The fourth-order valence-electron chi connectivity index (χ4n) is 4.56. The Bertz CT molecular complexity index is 631. The third-order valence-corrected chi connectivity index (χ3v) is 5.77. The number of hydrogen-bond donors (Lipinski definition) is 1. The second-order valence-corrected chi connectivity index (χ2v) is 8.05. The maximum Gasteiger partial charge on any atom is 0.231 e. The number of amides is 2. The smallest absolute Gasteiger partial charge is 0.231 e. The third kappa shape index (κ3) is 3.87. The number of carbonyl (C=O) groups is 2. The topological polar surface area (TPSA) is 66.6 Å². The molecule has 0 spiro atoms. The lowest BCUT2D eigenvalue weighted by Crippen LogP contribution is -2.40. The molecule has 2 saturated heterocycles. The molecule has 5 nitrogen and oxygen atoms in total. The number of primary amides is 1. The van der Waals surface area contributed by atoms with E-state index in [9.17, 15) is 9.59 Å². The molecular weight excluding hydrogens is 314 g/mol. The minimum absolute atomic E-state index is 0.0340. The van der Waals surface area contributed by atoms with Crippen LogP contribution in [0.25, 0.3) is 0 Å². The van der Waals surface area contributed by atoms with Crippen molar-refractivity contribution in [1.29, 1.82) is 0 Å². The molecule has 0 bridgehead atoms. The van der Waals surface area contributed by atoms with Gasteiger partial charge in [0.05, 0.1) is 6.54 Å². The van der Waals surface area contributed by atoms with Gasteiger partial charge in [0.2, 0.25) is 11.8 Å². The third-order valence-electron chi connectivity index (χ3n) is 5.77. The van der Waals surface area contributed by atoms with E-state index >= 15 is 0 Å². The highest BCUT2D eigenvalue weighted by Crippen LogP contribution is 2.46. The van der Waals surface area contributed by atoms with E-state index in [-0.39, 0.29) is 23.1 Å². The van der Waals surface area contributed by atoms with E-state index in [1.165, 1.54) is 5.56 Å². The lowest BCUT2D eigenvalue weighted by molar-refractivity contribution is -0.134. The first kappa shape index (κ1) is 17.9. The van der Waals surface area contributed by atoms with Crippen LogP contribution in [-0.4, -0.2) is 54.3 Å². The zero-order valence-corrected chi connectivity index (χ0v) is 15.3. The highest BCUT2D eigenvalue weighted by Gasteiger charge is 2.53. The second-order valence-electron chi connectivity index (χ2n) is 8.05. The Kier molecular flexibility index (Phi) is 5.13. The average molecular weight is 343 g/mol. The van der Waals surface area contributed by atoms with Crippen molar-refractivity contribution in [1.82, 2.24) is 9.80 Å². The summed E-state index contributed by atoms with van der Waals surface area (Å²) < 4.78 is 0. The monoisotopic (exact) mass is 343 g/mol. The summed E-state index contributed by atoms with van der Waals surface area (Å²) in [5, 5.41) is 0. The van der Waals surface area contributed by atoms with Crippen LogP contribution < -0.4 is 5.73 Å². The van der Waals surface area contributed by atoms with Crippen LogP contribution in [0.3, 0.4) is 0 Å². The largest absolute Gasteiger partial charge is 0.369 e. The molecule has 2 atom stereocenters. The minimum atomic E-state index is -0.270. The summed E-state index contributed by atoms with van der Waals surface area (Å²) in [4.78, 5) is 28.0. The van der Waals surface area contributed by atoms with Crippen molar-refractivity contribution in [3.8, 4) is 0 Å². The predicted octanol–water partition coefficient (Wildman–Crippen LogP) is 1.52. The summed E-state index contributed by atoms with van der Waals surface area (Å²) in [6.07, 6.45) is 2.05. The maximum absolute atomic E-state index is 12.5. The Morgan fingerprint density at radius 2 is 1.92 bits per heavy atom. The van der Waals surface area contributed by atoms with Gasteiger partial charge in [-0.05, 0) is 24.3 Å². The summed E-state index contributed by atoms with van der Waals surface area (Å²) in [6, 6.07) is 10.5. The van der Waals surface area contributed by atoms with Crippen LogP contribution in [0, 0.1) is 17.3 Å². The van der Waals surface area contributed by atoms with Gasteiger partial charge in [0.15, 0.2) is 0 Å². The first-order chi connectivity index (χ1) is 11.9. The van der Waals surface area contributed by atoms with Gasteiger partial charge < -0.3 is 10.6 Å². The summed E-state index contributed by atoms with van der Waals surface area (Å²) >= 11 is 0. The van der Waals surface area contributed by atoms with Gasteiger partial charge >= 0.3 is 0 Å². The molecule has 1 aromatic carbocycles. The molecule has 2 aliphatic heterocycles. The summed E-state index contributed by atoms with van der Waals surface area (Å²) in [6.45, 7) is 7.58. The fourth-order valence-corrected chi connectivity index (χ4v) is 4.56. The summed E-state index contributed by atoms with van der Waals surface area (Å²) in [5.41, 5.74) is 6.81. The van der Waals surface area contributed by atoms with E-state index in [2.05, 4.69) is 29.2 Å². The van der Waals surface area contributed by atoms with Crippen LogP contribution in [0.1, 0.15) is 25.8 Å². The van der Waals surface area contributed by atoms with Gasteiger partial charge in [0.25, 0.3) is 0 Å². The van der Waals surface area contributed by atoms with E-state index in [1.54, 1.807) is 0 Å². The molecular formula is C20H29N3O2. The van der Waals surface area contributed by atoms with Gasteiger partial charge in [-0.25, -0.2) is 0 Å². The van der Waals surface area contributed by atoms with E-state index in [1.807, 2.05) is 24.8 Å². The summed E-state index contributed by atoms with van der Waals surface area (Å²) in [5.74, 6) is 0.438. The van der Waals surface area contributed by atoms with Crippen molar-refractivity contribution in [2.24, 2.45) is 23.0 Å². The van der Waals surface area contributed by atoms with Gasteiger partial charge in [-0.2, -0.15) is 0 Å². The lowest BCUT2D eigenvalue weighted by Gasteiger charge is -2.30. The molecule has 25 heavy (non-hydrogen) atoms. The molecule has 0 unspecified atom stereocenters. The van der Waals surface area contributed by atoms with E-state index < -0.39 is 0 Å². The number of carbonyl (C=O) groups excluding carboxylic acids is 2. The van der Waals surface area contributed by atoms with Crippen LogP contribution in [0.2, 0.25) is 0 Å². The number of nitrogens with two attached hydrogens (primary N) is 1. The Hall–Kier alpha value is -1.88. The lowest BCUT2D eigenvalue weighted by atomic mass is 9.76. The van der Waals surface area contributed by atoms with Gasteiger partial charge in [-0.3, -0.25) is 14.5 Å². The molecule has 136 valence electrons. The minimum Gasteiger partial charge on any atom is -0.369 e. The van der Waals surface area contributed by atoms with Gasteiger partial charge in [0, 0.05) is 37.5 Å². The molecule has 2 amide bonds. The highest BCUT2D eigenvalue weighted by molar-refractivity contribution is 5.78. The maximum atomic E-state index is 12.5. The zero-order valence-electron chi connectivity index (χ0n) is 15.3. The SMILES string of the molecule is CC(C)C(=O)N1C[C@@H]2CN(CC(N)=O)C[C@]2(CCc2ccccc2)C1. The number of benzene rings is 1. The molecule has 2 aliphatic rings. The van der Waals surface area contributed by atoms with Crippen molar-refractivity contribution in [2.45, 2.75) is 26.7 Å².